The zero-order chi connectivity index (χ0) is 12.6. The van der Waals surface area contributed by atoms with Crippen molar-refractivity contribution in [3.8, 4) is 11.3 Å². The lowest BCUT2D eigenvalue weighted by molar-refractivity contribution is -0.142. The van der Waals surface area contributed by atoms with Crippen LogP contribution in [-0.2, 0) is 10.2 Å². The van der Waals surface area contributed by atoms with Gasteiger partial charge in [0.05, 0.1) is 5.69 Å². The highest BCUT2D eigenvalue weighted by Crippen LogP contribution is 2.34. The van der Waals surface area contributed by atoms with Crippen LogP contribution < -0.4 is 0 Å². The summed E-state index contributed by atoms with van der Waals surface area (Å²) in [4.78, 5) is 19.7. The molecule has 5 heteroatoms. The van der Waals surface area contributed by atoms with E-state index in [2.05, 4.69) is 9.97 Å². The maximum absolute atomic E-state index is 11.2. The average Bonchev–Trinajstić information content (AvgIpc) is 2.85. The molecule has 2 rings (SSSR count). The van der Waals surface area contributed by atoms with Crippen molar-refractivity contribution < 1.29 is 9.90 Å². The van der Waals surface area contributed by atoms with Crippen molar-refractivity contribution >= 4 is 17.3 Å². The number of hydrogen-bond acceptors (Lipinski definition) is 3. The van der Waals surface area contributed by atoms with Crippen LogP contribution in [-0.4, -0.2) is 21.0 Å². The molecule has 90 valence electrons. The van der Waals surface area contributed by atoms with Crippen LogP contribution in [0.2, 0.25) is 0 Å². The van der Waals surface area contributed by atoms with E-state index in [0.29, 0.717) is 5.01 Å². The molecule has 0 unspecified atom stereocenters. The summed E-state index contributed by atoms with van der Waals surface area (Å²) in [7, 11) is 0. The average molecular weight is 250 g/mol. The lowest BCUT2D eigenvalue weighted by atomic mass is 9.95. The van der Waals surface area contributed by atoms with E-state index in [4.69, 9.17) is 0 Å². The third-order valence-corrected chi connectivity index (χ3v) is 4.03. The van der Waals surface area contributed by atoms with Gasteiger partial charge in [0, 0.05) is 22.8 Å². The van der Waals surface area contributed by atoms with Gasteiger partial charge in [-0.15, -0.1) is 11.3 Å². The first-order chi connectivity index (χ1) is 7.93. The highest BCUT2D eigenvalue weighted by Gasteiger charge is 2.33. The van der Waals surface area contributed by atoms with Gasteiger partial charge in [-0.25, -0.2) is 4.98 Å². The van der Waals surface area contributed by atoms with Gasteiger partial charge in [0.15, 0.2) is 0 Å². The Hall–Kier alpha value is -1.62. The molecule has 0 aliphatic carbocycles. The molecule has 0 aliphatic rings. The van der Waals surface area contributed by atoms with E-state index >= 15 is 0 Å². The molecule has 0 atom stereocenters. The van der Waals surface area contributed by atoms with E-state index in [9.17, 15) is 9.90 Å². The van der Waals surface area contributed by atoms with Gasteiger partial charge in [0.1, 0.15) is 10.4 Å². The molecule has 0 saturated carbocycles. The standard InChI is InChI=1S/C12H14N2O2S/c1-7-9(8-4-5-13-6-8)14-10(17-7)12(2,3)11(15)16/h4-6,13H,1-3H3,(H,15,16). The van der Waals surface area contributed by atoms with E-state index in [0.717, 1.165) is 16.1 Å². The van der Waals surface area contributed by atoms with Crippen molar-refractivity contribution in [2.75, 3.05) is 0 Å². The molecule has 2 aromatic heterocycles. The zero-order valence-corrected chi connectivity index (χ0v) is 10.8. The molecule has 0 amide bonds. The first-order valence-electron chi connectivity index (χ1n) is 5.27. The molecule has 2 heterocycles. The summed E-state index contributed by atoms with van der Waals surface area (Å²) in [5.74, 6) is -0.855. The number of nitrogens with one attached hydrogen (secondary N) is 1. The molecule has 2 N–H and O–H groups in total. The number of carbonyl (C=O) groups is 1. The minimum atomic E-state index is -0.940. The van der Waals surface area contributed by atoms with Gasteiger partial charge in [-0.2, -0.15) is 0 Å². The summed E-state index contributed by atoms with van der Waals surface area (Å²) in [5, 5.41) is 9.82. The Bertz CT molecular complexity index is 541. The minimum absolute atomic E-state index is 0.638. The summed E-state index contributed by atoms with van der Waals surface area (Å²) in [6.45, 7) is 5.31. The molecule has 0 fully saturated rings. The molecule has 0 aliphatic heterocycles. The van der Waals surface area contributed by atoms with Crippen molar-refractivity contribution in [3.05, 3.63) is 28.3 Å². The first-order valence-corrected chi connectivity index (χ1v) is 6.09. The van der Waals surface area contributed by atoms with Crippen molar-refractivity contribution in [1.29, 1.82) is 0 Å². The molecule has 0 aromatic carbocycles. The van der Waals surface area contributed by atoms with E-state index < -0.39 is 11.4 Å². The number of aryl methyl sites for hydroxylation is 1. The molecular formula is C12H14N2O2S. The SMILES string of the molecule is Cc1sc(C(C)(C)C(=O)O)nc1-c1cc[nH]c1. The predicted octanol–water partition coefficient (Wildman–Crippen LogP) is 2.81. The molecule has 0 radical (unpaired) electrons. The van der Waals surface area contributed by atoms with Crippen molar-refractivity contribution in [1.82, 2.24) is 9.97 Å². The summed E-state index contributed by atoms with van der Waals surface area (Å²) < 4.78 is 0. The van der Waals surface area contributed by atoms with Crippen LogP contribution in [0.5, 0.6) is 0 Å². The monoisotopic (exact) mass is 250 g/mol. The molecule has 0 bridgehead atoms. The fraction of sp³-hybridized carbons (Fsp3) is 0.333. The predicted molar refractivity (Wildman–Crippen MR) is 67.3 cm³/mol. The number of hydrogen-bond donors (Lipinski definition) is 2. The number of carboxylic acids is 1. The summed E-state index contributed by atoms with van der Waals surface area (Å²) in [5.41, 5.74) is 0.913. The van der Waals surface area contributed by atoms with E-state index in [1.807, 2.05) is 25.4 Å². The Balaban J connectivity index is 2.48. The van der Waals surface area contributed by atoms with Crippen molar-refractivity contribution in [2.24, 2.45) is 0 Å². The summed E-state index contributed by atoms with van der Waals surface area (Å²) >= 11 is 1.44. The van der Waals surface area contributed by atoms with Gasteiger partial charge >= 0.3 is 5.97 Å². The number of rotatable bonds is 3. The summed E-state index contributed by atoms with van der Waals surface area (Å²) in [6, 6.07) is 1.93. The molecule has 2 aromatic rings. The van der Waals surface area contributed by atoms with Crippen molar-refractivity contribution in [3.63, 3.8) is 0 Å². The topological polar surface area (TPSA) is 66.0 Å². The maximum Gasteiger partial charge on any atom is 0.316 e. The fourth-order valence-electron chi connectivity index (χ4n) is 1.49. The number of thiazole rings is 1. The third-order valence-electron chi connectivity index (χ3n) is 2.74. The Labute approximate surface area is 103 Å². The van der Waals surface area contributed by atoms with Gasteiger partial charge in [-0.3, -0.25) is 4.79 Å². The number of aromatic nitrogens is 2. The first kappa shape index (κ1) is 11.9. The van der Waals surface area contributed by atoms with Crippen LogP contribution in [0.4, 0.5) is 0 Å². The molecular weight excluding hydrogens is 236 g/mol. The molecule has 0 spiro atoms. The normalized spacial score (nSPS) is 11.7. The van der Waals surface area contributed by atoms with Gasteiger partial charge in [0.25, 0.3) is 0 Å². The van der Waals surface area contributed by atoms with E-state index in [-0.39, 0.29) is 0 Å². The van der Waals surface area contributed by atoms with Crippen LogP contribution in [0.1, 0.15) is 23.7 Å². The Morgan fingerprint density at radius 3 is 2.76 bits per heavy atom. The van der Waals surface area contributed by atoms with Gasteiger partial charge in [0.2, 0.25) is 0 Å². The number of carboxylic acid groups (broad SMARTS) is 1. The van der Waals surface area contributed by atoms with Gasteiger partial charge < -0.3 is 10.1 Å². The minimum Gasteiger partial charge on any atom is -0.481 e. The number of H-pyrrole nitrogens is 1. The van der Waals surface area contributed by atoms with E-state index in [1.165, 1.54) is 11.3 Å². The fourth-order valence-corrected chi connectivity index (χ4v) is 2.52. The maximum atomic E-state index is 11.2. The highest BCUT2D eigenvalue weighted by molar-refractivity contribution is 7.12. The van der Waals surface area contributed by atoms with Crippen LogP contribution in [0.15, 0.2) is 18.5 Å². The lowest BCUT2D eigenvalue weighted by Gasteiger charge is -2.14. The third kappa shape index (κ3) is 1.98. The largest absolute Gasteiger partial charge is 0.481 e. The number of aromatic amines is 1. The highest BCUT2D eigenvalue weighted by atomic mass is 32.1. The van der Waals surface area contributed by atoms with Gasteiger partial charge in [-0.1, -0.05) is 0 Å². The quantitative estimate of drug-likeness (QED) is 0.880. The smallest absolute Gasteiger partial charge is 0.316 e. The number of aliphatic carboxylic acids is 1. The van der Waals surface area contributed by atoms with Crippen LogP contribution in [0.3, 0.4) is 0 Å². The van der Waals surface area contributed by atoms with Gasteiger partial charge in [-0.05, 0) is 26.8 Å². The molecule has 4 nitrogen and oxygen atoms in total. The van der Waals surface area contributed by atoms with Crippen molar-refractivity contribution in [2.45, 2.75) is 26.2 Å². The molecule has 17 heavy (non-hydrogen) atoms. The van der Waals surface area contributed by atoms with Crippen LogP contribution in [0, 0.1) is 6.92 Å². The second-order valence-electron chi connectivity index (χ2n) is 4.45. The summed E-state index contributed by atoms with van der Waals surface area (Å²) in [6.07, 6.45) is 3.69. The number of nitrogens with zero attached hydrogens (tertiary/aromatic N) is 1. The second-order valence-corrected chi connectivity index (χ2v) is 5.66. The second kappa shape index (κ2) is 4.00. The van der Waals surface area contributed by atoms with Crippen LogP contribution in [0.25, 0.3) is 11.3 Å². The van der Waals surface area contributed by atoms with Crippen LogP contribution >= 0.6 is 11.3 Å². The Morgan fingerprint density at radius 1 is 1.53 bits per heavy atom. The zero-order valence-electron chi connectivity index (χ0n) is 9.94. The Morgan fingerprint density at radius 2 is 2.24 bits per heavy atom. The Kier molecular flexibility index (Phi) is 2.79. The molecule has 0 saturated heterocycles. The lowest BCUT2D eigenvalue weighted by Crippen LogP contribution is -2.28. The van der Waals surface area contributed by atoms with E-state index in [1.54, 1.807) is 13.8 Å².